The van der Waals surface area contributed by atoms with E-state index in [-0.39, 0.29) is 5.91 Å². The molecule has 21 heavy (non-hydrogen) atoms. The normalized spacial score (nSPS) is 10.8. The number of nitrogens with one attached hydrogen (secondary N) is 1. The van der Waals surface area contributed by atoms with Crippen LogP contribution in [-0.4, -0.2) is 10.5 Å². The van der Waals surface area contributed by atoms with E-state index in [1.807, 2.05) is 67.1 Å². The lowest BCUT2D eigenvalue weighted by Gasteiger charge is -2.08. The molecule has 0 saturated carbocycles. The Bertz CT molecular complexity index is 780. The summed E-state index contributed by atoms with van der Waals surface area (Å²) in [5.74, 6) is -0.0893. The van der Waals surface area contributed by atoms with Gasteiger partial charge in [0.05, 0.1) is 0 Å². The predicted molar refractivity (Wildman–Crippen MR) is 89.8 cm³/mol. The number of amides is 1. The van der Waals surface area contributed by atoms with E-state index in [9.17, 15) is 4.79 Å². The molecule has 3 rings (SSSR count). The first-order valence-electron chi connectivity index (χ1n) is 6.69. The van der Waals surface area contributed by atoms with Gasteiger partial charge in [0, 0.05) is 28.1 Å². The average Bonchev–Trinajstić information content (AvgIpc) is 2.74. The second kappa shape index (κ2) is 5.37. The number of nitrogens with zero attached hydrogens (tertiary/aromatic N) is 1. The van der Waals surface area contributed by atoms with Gasteiger partial charge in [0.2, 0.25) is 0 Å². The van der Waals surface area contributed by atoms with Crippen LogP contribution in [0.25, 0.3) is 10.9 Å². The molecule has 0 fully saturated rings. The molecule has 0 atom stereocenters. The van der Waals surface area contributed by atoms with Crippen molar-refractivity contribution in [3.05, 3.63) is 64.3 Å². The Balaban J connectivity index is 2.00. The molecule has 1 aromatic heterocycles. The van der Waals surface area contributed by atoms with E-state index in [1.165, 1.54) is 0 Å². The number of hydrogen-bond acceptors (Lipinski definition) is 1. The number of aryl methyl sites for hydroxylation is 2. The van der Waals surface area contributed by atoms with Gasteiger partial charge in [-0.1, -0.05) is 34.1 Å². The largest absolute Gasteiger partial charge is 0.339 e. The summed E-state index contributed by atoms with van der Waals surface area (Å²) >= 11 is 3.39. The van der Waals surface area contributed by atoms with E-state index in [0.29, 0.717) is 5.69 Å². The molecular formula is C17H15BrN2O. The third-order valence-electron chi connectivity index (χ3n) is 3.68. The number of hydrogen-bond donors (Lipinski definition) is 1. The van der Waals surface area contributed by atoms with Gasteiger partial charge in [0.25, 0.3) is 5.91 Å². The van der Waals surface area contributed by atoms with Crippen molar-refractivity contribution in [2.75, 3.05) is 5.32 Å². The molecular weight excluding hydrogens is 328 g/mol. The Hall–Kier alpha value is -2.07. The van der Waals surface area contributed by atoms with Crippen molar-refractivity contribution < 1.29 is 4.79 Å². The number of carbonyl (C=O) groups is 1. The van der Waals surface area contributed by atoms with Crippen LogP contribution in [0.1, 0.15) is 16.1 Å². The summed E-state index contributed by atoms with van der Waals surface area (Å²) < 4.78 is 2.93. The lowest BCUT2D eigenvalue weighted by Crippen LogP contribution is -2.16. The molecule has 1 N–H and O–H groups in total. The molecule has 3 aromatic rings. The van der Waals surface area contributed by atoms with Gasteiger partial charge in [-0.2, -0.15) is 0 Å². The van der Waals surface area contributed by atoms with E-state index >= 15 is 0 Å². The van der Waals surface area contributed by atoms with Gasteiger partial charge in [-0.15, -0.1) is 0 Å². The topological polar surface area (TPSA) is 34.0 Å². The summed E-state index contributed by atoms with van der Waals surface area (Å²) in [6.07, 6.45) is 0. The van der Waals surface area contributed by atoms with Crippen LogP contribution >= 0.6 is 15.9 Å². The fourth-order valence-corrected chi connectivity index (χ4v) is 2.89. The number of carbonyl (C=O) groups excluding carboxylic acids is 1. The molecule has 0 aliphatic rings. The third-order valence-corrected chi connectivity index (χ3v) is 4.21. The van der Waals surface area contributed by atoms with Crippen LogP contribution in [0.15, 0.2) is 53.0 Å². The zero-order valence-electron chi connectivity index (χ0n) is 11.9. The van der Waals surface area contributed by atoms with Crippen molar-refractivity contribution in [1.82, 2.24) is 4.57 Å². The van der Waals surface area contributed by atoms with Gasteiger partial charge in [0.15, 0.2) is 0 Å². The average molecular weight is 343 g/mol. The molecule has 0 aliphatic carbocycles. The number of benzene rings is 2. The highest BCUT2D eigenvalue weighted by atomic mass is 79.9. The quantitative estimate of drug-likeness (QED) is 0.730. The van der Waals surface area contributed by atoms with E-state index in [0.717, 1.165) is 26.6 Å². The lowest BCUT2D eigenvalue weighted by molar-refractivity contribution is 0.101. The second-order valence-corrected chi connectivity index (χ2v) is 5.93. The van der Waals surface area contributed by atoms with E-state index in [1.54, 1.807) is 0 Å². The van der Waals surface area contributed by atoms with Gasteiger partial charge < -0.3 is 9.88 Å². The number of halogens is 1. The summed E-state index contributed by atoms with van der Waals surface area (Å²) in [5, 5.41) is 4.06. The SMILES string of the molecule is Cc1c(C(=O)Nc2ccc(Br)cc2)n(C)c2ccccc12. The molecule has 3 nitrogen and oxygen atoms in total. The van der Waals surface area contributed by atoms with E-state index < -0.39 is 0 Å². The number of para-hydroxylation sites is 1. The van der Waals surface area contributed by atoms with Crippen LogP contribution in [0.3, 0.4) is 0 Å². The molecule has 106 valence electrons. The van der Waals surface area contributed by atoms with Crippen LogP contribution in [0.4, 0.5) is 5.69 Å². The zero-order valence-corrected chi connectivity index (χ0v) is 13.4. The maximum atomic E-state index is 12.6. The van der Waals surface area contributed by atoms with Crippen molar-refractivity contribution in [2.24, 2.45) is 7.05 Å². The summed E-state index contributed by atoms with van der Waals surface area (Å²) in [5.41, 5.74) is 3.55. The van der Waals surface area contributed by atoms with Crippen LogP contribution < -0.4 is 5.32 Å². The van der Waals surface area contributed by atoms with Crippen molar-refractivity contribution >= 4 is 38.4 Å². The third kappa shape index (κ3) is 2.47. The Labute approximate surface area is 131 Å². The standard InChI is InChI=1S/C17H15BrN2O/c1-11-14-5-3-4-6-15(14)20(2)16(11)17(21)19-13-9-7-12(18)8-10-13/h3-10H,1-2H3,(H,19,21). The summed E-state index contributed by atoms with van der Waals surface area (Å²) in [7, 11) is 1.92. The van der Waals surface area contributed by atoms with Crippen molar-refractivity contribution in [3.8, 4) is 0 Å². The molecule has 0 saturated heterocycles. The highest BCUT2D eigenvalue weighted by Gasteiger charge is 2.17. The van der Waals surface area contributed by atoms with Gasteiger partial charge >= 0.3 is 0 Å². The van der Waals surface area contributed by atoms with Crippen molar-refractivity contribution in [2.45, 2.75) is 6.92 Å². The van der Waals surface area contributed by atoms with Crippen LogP contribution in [0.2, 0.25) is 0 Å². The molecule has 0 radical (unpaired) electrons. The molecule has 2 aromatic carbocycles. The van der Waals surface area contributed by atoms with Gasteiger partial charge in [-0.05, 0) is 42.8 Å². The van der Waals surface area contributed by atoms with Gasteiger partial charge in [-0.3, -0.25) is 4.79 Å². The highest BCUT2D eigenvalue weighted by molar-refractivity contribution is 9.10. The molecule has 0 bridgehead atoms. The molecule has 4 heteroatoms. The zero-order chi connectivity index (χ0) is 15.0. The maximum absolute atomic E-state index is 12.6. The smallest absolute Gasteiger partial charge is 0.272 e. The Morgan fingerprint density at radius 3 is 2.43 bits per heavy atom. The Morgan fingerprint density at radius 1 is 1.10 bits per heavy atom. The minimum absolute atomic E-state index is 0.0893. The van der Waals surface area contributed by atoms with Gasteiger partial charge in [0.1, 0.15) is 5.69 Å². The molecule has 0 unspecified atom stereocenters. The molecule has 1 heterocycles. The minimum Gasteiger partial charge on any atom is -0.339 e. The molecule has 0 spiro atoms. The summed E-state index contributed by atoms with van der Waals surface area (Å²) in [6, 6.07) is 15.6. The van der Waals surface area contributed by atoms with Crippen LogP contribution in [0.5, 0.6) is 0 Å². The molecule has 1 amide bonds. The van der Waals surface area contributed by atoms with Crippen molar-refractivity contribution in [1.29, 1.82) is 0 Å². The number of rotatable bonds is 2. The molecule has 0 aliphatic heterocycles. The van der Waals surface area contributed by atoms with Crippen molar-refractivity contribution in [3.63, 3.8) is 0 Å². The van der Waals surface area contributed by atoms with Crippen LogP contribution in [0, 0.1) is 6.92 Å². The van der Waals surface area contributed by atoms with Crippen LogP contribution in [-0.2, 0) is 7.05 Å². The second-order valence-electron chi connectivity index (χ2n) is 5.01. The maximum Gasteiger partial charge on any atom is 0.272 e. The summed E-state index contributed by atoms with van der Waals surface area (Å²) in [6.45, 7) is 1.98. The number of anilines is 1. The number of aromatic nitrogens is 1. The Morgan fingerprint density at radius 2 is 1.76 bits per heavy atom. The predicted octanol–water partition coefficient (Wildman–Crippen LogP) is 4.50. The summed E-state index contributed by atoms with van der Waals surface area (Å²) in [4.78, 5) is 12.6. The van der Waals surface area contributed by atoms with Gasteiger partial charge in [-0.25, -0.2) is 0 Å². The van der Waals surface area contributed by atoms with E-state index in [4.69, 9.17) is 0 Å². The number of fused-ring (bicyclic) bond motifs is 1. The monoisotopic (exact) mass is 342 g/mol. The van der Waals surface area contributed by atoms with E-state index in [2.05, 4.69) is 21.2 Å². The first-order chi connectivity index (χ1) is 10.1. The first kappa shape index (κ1) is 13.9. The highest BCUT2D eigenvalue weighted by Crippen LogP contribution is 2.25. The minimum atomic E-state index is -0.0893. The fraction of sp³-hybridized carbons (Fsp3) is 0.118. The lowest BCUT2D eigenvalue weighted by atomic mass is 10.1. The first-order valence-corrected chi connectivity index (χ1v) is 7.48. The fourth-order valence-electron chi connectivity index (χ4n) is 2.63. The Kier molecular flexibility index (Phi) is 3.55.